The van der Waals surface area contributed by atoms with Crippen LogP contribution in [0.4, 0.5) is 0 Å². The first kappa shape index (κ1) is 27.6. The Labute approximate surface area is 212 Å². The largest absolute Gasteiger partial charge is 0.506 e. The van der Waals surface area contributed by atoms with Crippen molar-refractivity contribution in [1.29, 1.82) is 0 Å². The van der Waals surface area contributed by atoms with Gasteiger partial charge in [0.2, 0.25) is 11.8 Å². The van der Waals surface area contributed by atoms with Crippen molar-refractivity contribution in [3.63, 3.8) is 0 Å². The van der Waals surface area contributed by atoms with Crippen LogP contribution >= 0.6 is 0 Å². The van der Waals surface area contributed by atoms with Crippen LogP contribution in [-0.2, 0) is 29.0 Å². The van der Waals surface area contributed by atoms with Crippen molar-refractivity contribution in [2.45, 2.75) is 58.3 Å². The number of nitrogens with zero attached hydrogens (tertiary/aromatic N) is 3. The number of aromatic hydroxyl groups is 1. The number of benzene rings is 1. The zero-order valence-corrected chi connectivity index (χ0v) is 21.4. The number of hydrogen-bond acceptors (Lipinski definition) is 7. The first-order chi connectivity index (χ1) is 17.1. The third kappa shape index (κ3) is 7.74. The summed E-state index contributed by atoms with van der Waals surface area (Å²) in [5, 5.41) is 32.9. The van der Waals surface area contributed by atoms with Gasteiger partial charge in [0.15, 0.2) is 0 Å². The van der Waals surface area contributed by atoms with Crippen LogP contribution in [0.5, 0.6) is 5.75 Å². The van der Waals surface area contributed by atoms with E-state index in [4.69, 9.17) is 0 Å². The predicted octanol–water partition coefficient (Wildman–Crippen LogP) is 1.55. The first-order valence-corrected chi connectivity index (χ1v) is 12.4. The number of β-amino-alcohol motifs (C(OH)–C–C–N with tert-alkyl or cyclic N) is 1. The molecule has 1 unspecified atom stereocenters. The highest BCUT2D eigenvalue weighted by molar-refractivity contribution is 5.79. The van der Waals surface area contributed by atoms with Gasteiger partial charge in [-0.2, -0.15) is 0 Å². The highest BCUT2D eigenvalue weighted by Gasteiger charge is 2.23. The molecule has 1 saturated heterocycles. The highest BCUT2D eigenvalue weighted by Crippen LogP contribution is 2.20. The minimum atomic E-state index is -0.897. The average molecular weight is 499 g/mol. The zero-order valence-electron chi connectivity index (χ0n) is 21.4. The monoisotopic (exact) mass is 498 g/mol. The lowest BCUT2D eigenvalue weighted by Gasteiger charge is -2.28. The Kier molecular flexibility index (Phi) is 9.42. The summed E-state index contributed by atoms with van der Waals surface area (Å²) in [6.45, 7) is 7.99. The molecule has 1 aliphatic rings. The maximum Gasteiger partial charge on any atom is 0.227 e. The molecule has 0 spiro atoms. The fourth-order valence-corrected chi connectivity index (χ4v) is 4.48. The van der Waals surface area contributed by atoms with Crippen LogP contribution in [0.25, 0.3) is 0 Å². The summed E-state index contributed by atoms with van der Waals surface area (Å²) in [7, 11) is 0. The van der Waals surface area contributed by atoms with Gasteiger partial charge in [-0.3, -0.25) is 9.59 Å². The summed E-state index contributed by atoms with van der Waals surface area (Å²) in [6, 6.07) is 10.9. The van der Waals surface area contributed by atoms with Gasteiger partial charge in [0.1, 0.15) is 17.5 Å². The number of aliphatic hydroxyl groups is 2. The number of aliphatic hydroxyl groups excluding tert-OH is 2. The Morgan fingerprint density at radius 3 is 2.50 bits per heavy atom. The average Bonchev–Trinajstić information content (AvgIpc) is 3.09. The van der Waals surface area contributed by atoms with E-state index < -0.39 is 12.7 Å². The molecule has 0 aliphatic carbocycles. The minimum Gasteiger partial charge on any atom is -0.506 e. The van der Waals surface area contributed by atoms with E-state index >= 15 is 0 Å². The molecule has 1 fully saturated rings. The second kappa shape index (κ2) is 12.3. The third-order valence-corrected chi connectivity index (χ3v) is 6.52. The quantitative estimate of drug-likeness (QED) is 0.413. The van der Waals surface area contributed by atoms with E-state index in [1.807, 2.05) is 43.0 Å². The van der Waals surface area contributed by atoms with Gasteiger partial charge < -0.3 is 30.4 Å². The molecule has 3 rings (SSSR count). The second-order valence-corrected chi connectivity index (χ2v) is 10.1. The van der Waals surface area contributed by atoms with Crippen LogP contribution in [0, 0.1) is 0 Å². The first-order valence-electron chi connectivity index (χ1n) is 12.4. The molecule has 2 amide bonds. The van der Waals surface area contributed by atoms with Crippen molar-refractivity contribution < 1.29 is 24.9 Å². The van der Waals surface area contributed by atoms with E-state index in [-0.39, 0.29) is 35.3 Å². The Morgan fingerprint density at radius 2 is 1.78 bits per heavy atom. The smallest absolute Gasteiger partial charge is 0.227 e. The van der Waals surface area contributed by atoms with Crippen LogP contribution < -0.4 is 5.32 Å². The van der Waals surface area contributed by atoms with Crippen LogP contribution in [0.1, 0.15) is 55.8 Å². The number of hydrogen-bond donors (Lipinski definition) is 4. The lowest BCUT2D eigenvalue weighted by molar-refractivity contribution is -0.132. The van der Waals surface area contributed by atoms with Gasteiger partial charge in [0.25, 0.3) is 0 Å². The van der Waals surface area contributed by atoms with Crippen molar-refractivity contribution in [2.75, 3.05) is 32.7 Å². The summed E-state index contributed by atoms with van der Waals surface area (Å²) < 4.78 is 0. The van der Waals surface area contributed by atoms with E-state index in [1.54, 1.807) is 11.8 Å². The normalized spacial score (nSPS) is 15.5. The summed E-state index contributed by atoms with van der Waals surface area (Å²) >= 11 is 0. The van der Waals surface area contributed by atoms with Crippen molar-refractivity contribution >= 4 is 11.8 Å². The van der Waals surface area contributed by atoms with Gasteiger partial charge in [0, 0.05) is 45.2 Å². The van der Waals surface area contributed by atoms with Crippen LogP contribution in [0.3, 0.4) is 0 Å². The van der Waals surface area contributed by atoms with E-state index in [1.165, 1.54) is 12.1 Å². The Bertz CT molecular complexity index is 1060. The minimum absolute atomic E-state index is 0.0509. The fraction of sp³-hybridized carbons (Fsp3) is 0.519. The van der Waals surface area contributed by atoms with E-state index in [9.17, 15) is 24.9 Å². The van der Waals surface area contributed by atoms with E-state index in [2.05, 4.69) is 10.3 Å². The number of rotatable bonds is 9. The number of nitrogens with one attached hydrogen (secondary N) is 1. The van der Waals surface area contributed by atoms with Crippen molar-refractivity contribution in [2.24, 2.45) is 0 Å². The van der Waals surface area contributed by atoms with E-state index in [0.717, 1.165) is 17.5 Å². The molecule has 4 N–H and O–H groups in total. The molecule has 196 valence electrons. The lowest BCUT2D eigenvalue weighted by atomic mass is 9.93. The summed E-state index contributed by atoms with van der Waals surface area (Å²) in [6.07, 6.45) is 0.897. The molecule has 2 heterocycles. The highest BCUT2D eigenvalue weighted by atomic mass is 16.3. The standard InChI is InChI=1S/C27H38N4O5/c1-19(33)30-10-5-11-31(13-12-30)26(36)15-20-6-4-7-21(14-20)16-27(2,3)28-17-25(35)22-8-9-24(34)23(18-32)29-22/h4,6-9,14,25,28,32,34-35H,5,10-13,15-18H2,1-3H3. The molecule has 0 saturated carbocycles. The lowest BCUT2D eigenvalue weighted by Crippen LogP contribution is -2.43. The second-order valence-electron chi connectivity index (χ2n) is 10.1. The molecule has 9 heteroatoms. The van der Waals surface area contributed by atoms with Gasteiger partial charge in [-0.25, -0.2) is 4.98 Å². The van der Waals surface area contributed by atoms with E-state index in [0.29, 0.717) is 44.7 Å². The molecular weight excluding hydrogens is 460 g/mol. The topological polar surface area (TPSA) is 126 Å². The zero-order chi connectivity index (χ0) is 26.3. The maximum absolute atomic E-state index is 12.9. The molecule has 0 radical (unpaired) electrons. The van der Waals surface area contributed by atoms with Crippen LogP contribution in [0.15, 0.2) is 36.4 Å². The molecular formula is C27H38N4O5. The predicted molar refractivity (Wildman–Crippen MR) is 136 cm³/mol. The molecule has 2 aromatic rings. The Hall–Kier alpha value is -3.01. The van der Waals surface area contributed by atoms with Crippen molar-refractivity contribution in [3.05, 3.63) is 58.9 Å². The molecule has 36 heavy (non-hydrogen) atoms. The SMILES string of the molecule is CC(=O)N1CCCN(C(=O)Cc2cccc(CC(C)(C)NCC(O)c3ccc(O)c(CO)n3)c2)CC1. The van der Waals surface area contributed by atoms with Crippen molar-refractivity contribution in [3.8, 4) is 5.75 Å². The molecule has 1 aromatic carbocycles. The van der Waals surface area contributed by atoms with Gasteiger partial charge in [-0.05, 0) is 49.9 Å². The summed E-state index contributed by atoms with van der Waals surface area (Å²) in [5.41, 5.74) is 2.19. The van der Waals surface area contributed by atoms with Gasteiger partial charge in [-0.1, -0.05) is 24.3 Å². The van der Waals surface area contributed by atoms with Crippen LogP contribution in [0.2, 0.25) is 0 Å². The summed E-state index contributed by atoms with van der Waals surface area (Å²) in [4.78, 5) is 32.3. The Morgan fingerprint density at radius 1 is 1.08 bits per heavy atom. The third-order valence-electron chi connectivity index (χ3n) is 6.52. The summed E-state index contributed by atoms with van der Waals surface area (Å²) in [5.74, 6) is 0.0191. The Balaban J connectivity index is 1.55. The molecule has 1 aliphatic heterocycles. The number of pyridine rings is 1. The molecule has 1 aromatic heterocycles. The number of carbonyl (C=O) groups is 2. The number of carbonyl (C=O) groups excluding carboxylic acids is 2. The van der Waals surface area contributed by atoms with Crippen molar-refractivity contribution in [1.82, 2.24) is 20.1 Å². The fourth-order valence-electron chi connectivity index (χ4n) is 4.48. The maximum atomic E-state index is 12.9. The number of amides is 2. The van der Waals surface area contributed by atoms with Crippen LogP contribution in [-0.4, -0.2) is 80.2 Å². The molecule has 0 bridgehead atoms. The van der Waals surface area contributed by atoms with Gasteiger partial charge in [0.05, 0.1) is 18.7 Å². The van der Waals surface area contributed by atoms with Gasteiger partial charge >= 0.3 is 0 Å². The molecule has 9 nitrogen and oxygen atoms in total. The number of aromatic nitrogens is 1. The molecule has 1 atom stereocenters. The van der Waals surface area contributed by atoms with Gasteiger partial charge in [-0.15, -0.1) is 0 Å².